The maximum absolute atomic E-state index is 14.8. The third-order valence-corrected chi connectivity index (χ3v) is 5.09. The van der Waals surface area contributed by atoms with Gasteiger partial charge in [-0.1, -0.05) is 0 Å². The Morgan fingerprint density at radius 1 is 1.25 bits per heavy atom. The Bertz CT molecular complexity index is 835. The topological polar surface area (TPSA) is 69.6 Å². The van der Waals surface area contributed by atoms with E-state index in [4.69, 9.17) is 5.11 Å². The van der Waals surface area contributed by atoms with Crippen LogP contribution in [0.4, 0.5) is 20.3 Å². The Labute approximate surface area is 162 Å². The minimum atomic E-state index is -0.894. The lowest BCUT2D eigenvalue weighted by atomic mass is 10.1. The number of anilines is 2. The largest absolute Gasteiger partial charge is 0.481 e. The second-order valence-corrected chi connectivity index (χ2v) is 6.92. The second-order valence-electron chi connectivity index (χ2n) is 6.92. The van der Waals surface area contributed by atoms with E-state index in [0.717, 1.165) is 13.1 Å². The number of aliphatic carboxylic acids is 1. The normalized spacial score (nSPS) is 16.4. The van der Waals surface area contributed by atoms with Crippen LogP contribution in [-0.2, 0) is 4.79 Å². The lowest BCUT2D eigenvalue weighted by molar-refractivity contribution is -0.137. The minimum absolute atomic E-state index is 0.00552. The lowest BCUT2D eigenvalue weighted by Crippen LogP contribution is -2.23. The number of carboxylic acids is 1. The molecule has 0 amide bonds. The van der Waals surface area contributed by atoms with E-state index in [1.807, 2.05) is 18.7 Å². The molecule has 1 aliphatic heterocycles. The predicted molar refractivity (Wildman–Crippen MR) is 104 cm³/mol. The van der Waals surface area contributed by atoms with Crippen molar-refractivity contribution in [3.05, 3.63) is 36.2 Å². The molecule has 1 fully saturated rings. The highest BCUT2D eigenvalue weighted by molar-refractivity contribution is 5.68. The van der Waals surface area contributed by atoms with Gasteiger partial charge in [-0.3, -0.25) is 9.78 Å². The highest BCUT2D eigenvalue weighted by Crippen LogP contribution is 2.33. The number of hydrogen-bond acceptors (Lipinski definition) is 5. The highest BCUT2D eigenvalue weighted by atomic mass is 19.1. The fraction of sp³-hybridized carbons (Fsp3) is 0.450. The van der Waals surface area contributed by atoms with Gasteiger partial charge >= 0.3 is 5.97 Å². The predicted octanol–water partition coefficient (Wildman–Crippen LogP) is 3.57. The van der Waals surface area contributed by atoms with Gasteiger partial charge in [0.15, 0.2) is 0 Å². The van der Waals surface area contributed by atoms with Crippen LogP contribution in [0, 0.1) is 17.6 Å². The van der Waals surface area contributed by atoms with Crippen LogP contribution in [0.3, 0.4) is 0 Å². The lowest BCUT2D eigenvalue weighted by Gasteiger charge is -2.21. The van der Waals surface area contributed by atoms with Crippen LogP contribution in [0.15, 0.2) is 24.5 Å². The van der Waals surface area contributed by atoms with Crippen LogP contribution in [0.2, 0.25) is 0 Å². The van der Waals surface area contributed by atoms with Gasteiger partial charge in [-0.25, -0.2) is 13.8 Å². The quantitative estimate of drug-likeness (QED) is 0.780. The molecule has 0 saturated carbocycles. The zero-order valence-electron chi connectivity index (χ0n) is 16.0. The van der Waals surface area contributed by atoms with Gasteiger partial charge in [0, 0.05) is 38.2 Å². The van der Waals surface area contributed by atoms with Crippen LogP contribution in [0.1, 0.15) is 26.7 Å². The molecule has 1 saturated heterocycles. The van der Waals surface area contributed by atoms with Gasteiger partial charge in [-0.2, -0.15) is 0 Å². The van der Waals surface area contributed by atoms with Crippen LogP contribution in [0.5, 0.6) is 0 Å². The molecule has 0 bridgehead atoms. The maximum atomic E-state index is 14.8. The van der Waals surface area contributed by atoms with Gasteiger partial charge in [-0.15, -0.1) is 0 Å². The summed E-state index contributed by atoms with van der Waals surface area (Å²) in [5.74, 6) is -1.70. The molecule has 0 spiro atoms. The third kappa shape index (κ3) is 4.21. The van der Waals surface area contributed by atoms with Crippen molar-refractivity contribution in [3.8, 4) is 11.3 Å². The van der Waals surface area contributed by atoms with Gasteiger partial charge in [0.25, 0.3) is 0 Å². The van der Waals surface area contributed by atoms with E-state index in [-0.39, 0.29) is 18.0 Å². The number of carbonyl (C=O) groups is 1. The molecule has 6 nitrogen and oxygen atoms in total. The number of nitrogens with zero attached hydrogens (tertiary/aromatic N) is 4. The smallest absolute Gasteiger partial charge is 0.303 e. The summed E-state index contributed by atoms with van der Waals surface area (Å²) in [4.78, 5) is 23.1. The van der Waals surface area contributed by atoms with Crippen molar-refractivity contribution >= 4 is 17.5 Å². The monoisotopic (exact) mass is 390 g/mol. The van der Waals surface area contributed by atoms with Crippen LogP contribution in [0.25, 0.3) is 11.3 Å². The maximum Gasteiger partial charge on any atom is 0.303 e. The summed E-state index contributed by atoms with van der Waals surface area (Å²) in [5, 5.41) is 8.92. The van der Waals surface area contributed by atoms with Crippen LogP contribution < -0.4 is 9.80 Å². The summed E-state index contributed by atoms with van der Waals surface area (Å²) in [6.45, 7) is 6.27. The molecule has 1 unspecified atom stereocenters. The van der Waals surface area contributed by atoms with Crippen molar-refractivity contribution in [3.63, 3.8) is 0 Å². The van der Waals surface area contributed by atoms with Gasteiger partial charge in [0.05, 0.1) is 18.1 Å². The number of carboxylic acid groups (broad SMARTS) is 1. The van der Waals surface area contributed by atoms with Gasteiger partial charge in [0.1, 0.15) is 23.1 Å². The van der Waals surface area contributed by atoms with E-state index in [1.54, 1.807) is 11.1 Å². The number of rotatable bonds is 7. The van der Waals surface area contributed by atoms with E-state index >= 15 is 0 Å². The third-order valence-electron chi connectivity index (χ3n) is 5.09. The van der Waals surface area contributed by atoms with Crippen molar-refractivity contribution in [2.24, 2.45) is 5.92 Å². The minimum Gasteiger partial charge on any atom is -0.481 e. The van der Waals surface area contributed by atoms with E-state index in [1.165, 1.54) is 18.3 Å². The number of aromatic nitrogens is 2. The Morgan fingerprint density at radius 2 is 1.93 bits per heavy atom. The molecule has 1 aromatic carbocycles. The molecule has 3 rings (SSSR count). The molecule has 28 heavy (non-hydrogen) atoms. The first-order valence-electron chi connectivity index (χ1n) is 9.46. The molecule has 2 aromatic rings. The number of benzene rings is 1. The molecule has 2 heterocycles. The first kappa shape index (κ1) is 20.0. The molecule has 150 valence electrons. The molecule has 8 heteroatoms. The SMILES string of the molecule is CCN(CC)c1cncc(-c2cc(F)c(N3CCC(CC(=O)O)C3)c(F)c2)n1. The Balaban J connectivity index is 1.87. The van der Waals surface area contributed by atoms with Crippen molar-refractivity contribution in [2.45, 2.75) is 26.7 Å². The Kier molecular flexibility index (Phi) is 6.06. The molecule has 1 atom stereocenters. The van der Waals surface area contributed by atoms with E-state index in [2.05, 4.69) is 9.97 Å². The van der Waals surface area contributed by atoms with E-state index in [9.17, 15) is 13.6 Å². The standard InChI is InChI=1S/C20H24F2N4O2/c1-3-25(4-2)18-11-23-10-17(24-18)14-8-15(21)20(16(22)9-14)26-6-5-13(12-26)7-19(27)28/h8-11,13H,3-7,12H2,1-2H3,(H,27,28). The van der Waals surface area contributed by atoms with Crippen LogP contribution in [-0.4, -0.2) is 47.2 Å². The Morgan fingerprint density at radius 3 is 2.54 bits per heavy atom. The highest BCUT2D eigenvalue weighted by Gasteiger charge is 2.28. The van der Waals surface area contributed by atoms with Gasteiger partial charge in [0.2, 0.25) is 0 Å². The average Bonchev–Trinajstić information content (AvgIpc) is 3.09. The first-order chi connectivity index (χ1) is 13.4. The molecule has 1 aliphatic rings. The molecule has 0 radical (unpaired) electrons. The number of hydrogen-bond donors (Lipinski definition) is 1. The zero-order chi connectivity index (χ0) is 20.3. The molecule has 1 N–H and O–H groups in total. The van der Waals surface area contributed by atoms with E-state index in [0.29, 0.717) is 36.6 Å². The summed E-state index contributed by atoms with van der Waals surface area (Å²) in [7, 11) is 0. The van der Waals surface area contributed by atoms with Gasteiger partial charge in [-0.05, 0) is 38.3 Å². The van der Waals surface area contributed by atoms with Gasteiger partial charge < -0.3 is 14.9 Å². The zero-order valence-corrected chi connectivity index (χ0v) is 16.0. The molecule has 1 aromatic heterocycles. The summed E-state index contributed by atoms with van der Waals surface area (Å²) >= 11 is 0. The fourth-order valence-electron chi connectivity index (χ4n) is 3.66. The van der Waals surface area contributed by atoms with Crippen molar-refractivity contribution in [1.29, 1.82) is 0 Å². The van der Waals surface area contributed by atoms with Crippen molar-refractivity contribution in [2.75, 3.05) is 36.0 Å². The fourth-order valence-corrected chi connectivity index (χ4v) is 3.66. The van der Waals surface area contributed by atoms with Crippen LogP contribution >= 0.6 is 0 Å². The second kappa shape index (κ2) is 8.50. The first-order valence-corrected chi connectivity index (χ1v) is 9.46. The summed E-state index contributed by atoms with van der Waals surface area (Å²) in [5.41, 5.74) is 0.616. The van der Waals surface area contributed by atoms with Crippen molar-refractivity contribution in [1.82, 2.24) is 9.97 Å². The van der Waals surface area contributed by atoms with E-state index < -0.39 is 17.6 Å². The molecule has 0 aliphatic carbocycles. The average molecular weight is 390 g/mol. The summed E-state index contributed by atoms with van der Waals surface area (Å²) in [6, 6.07) is 2.53. The summed E-state index contributed by atoms with van der Waals surface area (Å²) < 4.78 is 29.5. The number of halogens is 2. The molecular formula is C20H24F2N4O2. The Hall–Kier alpha value is -2.77. The molecular weight excluding hydrogens is 366 g/mol. The van der Waals surface area contributed by atoms with Crippen molar-refractivity contribution < 1.29 is 18.7 Å². The summed E-state index contributed by atoms with van der Waals surface area (Å²) in [6.07, 6.45) is 3.72.